The first kappa shape index (κ1) is 24.3. The molecule has 0 spiro atoms. The summed E-state index contributed by atoms with van der Waals surface area (Å²) in [6, 6.07) is 9.56. The monoisotopic (exact) mass is 483 g/mol. The van der Waals surface area contributed by atoms with Crippen molar-refractivity contribution in [3.63, 3.8) is 0 Å². The van der Waals surface area contributed by atoms with Crippen molar-refractivity contribution in [2.24, 2.45) is 0 Å². The summed E-state index contributed by atoms with van der Waals surface area (Å²) in [4.78, 5) is 0.0170. The van der Waals surface area contributed by atoms with Crippen molar-refractivity contribution in [2.75, 3.05) is 39.4 Å². The van der Waals surface area contributed by atoms with Crippen LogP contribution in [0.1, 0.15) is 11.1 Å². The molecule has 0 radical (unpaired) electrons. The number of methoxy groups -OCH3 is 3. The molecular weight excluding hydrogens is 454 g/mol. The summed E-state index contributed by atoms with van der Waals surface area (Å²) < 4.78 is 67.6. The molecule has 0 saturated carbocycles. The maximum absolute atomic E-state index is 13.5. The molecule has 2 aromatic carbocycles. The molecule has 0 aliphatic carbocycles. The Morgan fingerprint density at radius 3 is 2.31 bits per heavy atom. The van der Waals surface area contributed by atoms with E-state index in [2.05, 4.69) is 5.32 Å². The summed E-state index contributed by atoms with van der Waals surface area (Å²) in [5.74, 6) is 0.906. The molecule has 0 amide bonds. The van der Waals surface area contributed by atoms with E-state index in [0.717, 1.165) is 11.1 Å². The SMILES string of the molecule is COc1ccc(OC)c(CCN[C@H]2CS(=O)(=O)C[C@@H]2S(=O)(=O)c2cc(C)ccc2OC)c1. The lowest BCUT2D eigenvalue weighted by Gasteiger charge is -2.21. The van der Waals surface area contributed by atoms with Gasteiger partial charge in [-0.25, -0.2) is 16.8 Å². The lowest BCUT2D eigenvalue weighted by molar-refractivity contribution is 0.397. The van der Waals surface area contributed by atoms with Gasteiger partial charge >= 0.3 is 0 Å². The van der Waals surface area contributed by atoms with Gasteiger partial charge in [-0.2, -0.15) is 0 Å². The van der Waals surface area contributed by atoms with Gasteiger partial charge in [-0.05, 0) is 61.3 Å². The molecule has 0 bridgehead atoms. The largest absolute Gasteiger partial charge is 0.497 e. The van der Waals surface area contributed by atoms with Crippen molar-refractivity contribution < 1.29 is 31.0 Å². The van der Waals surface area contributed by atoms with Crippen LogP contribution in [0.2, 0.25) is 0 Å². The number of hydrogen-bond acceptors (Lipinski definition) is 8. The van der Waals surface area contributed by atoms with Crippen molar-refractivity contribution in [1.29, 1.82) is 0 Å². The second kappa shape index (κ2) is 9.68. The smallest absolute Gasteiger partial charge is 0.187 e. The minimum atomic E-state index is -3.95. The number of benzene rings is 2. The standard InChI is InChI=1S/C22H29NO7S2/c1-15-5-7-20(30-4)21(11-15)32(26,27)22-14-31(24,25)13-18(22)23-10-9-16-12-17(28-2)6-8-19(16)29-3/h5-8,11-12,18,22-23H,9-10,13-14H2,1-4H3/t18-,22-/m0/s1. The fourth-order valence-electron chi connectivity index (χ4n) is 3.95. The molecule has 1 aliphatic heterocycles. The highest BCUT2D eigenvalue weighted by atomic mass is 32.2. The first-order chi connectivity index (χ1) is 15.1. The van der Waals surface area contributed by atoms with Gasteiger partial charge in [0.15, 0.2) is 19.7 Å². The van der Waals surface area contributed by atoms with Crippen LogP contribution in [-0.2, 0) is 26.1 Å². The van der Waals surface area contributed by atoms with Crippen molar-refractivity contribution >= 4 is 19.7 Å². The van der Waals surface area contributed by atoms with E-state index in [1.54, 1.807) is 45.4 Å². The zero-order valence-corrected chi connectivity index (χ0v) is 20.3. The van der Waals surface area contributed by atoms with Crippen molar-refractivity contribution in [3.05, 3.63) is 47.5 Å². The molecular formula is C22H29NO7S2. The van der Waals surface area contributed by atoms with E-state index in [-0.39, 0.29) is 16.4 Å². The normalized spacial score (nSPS) is 20.1. The summed E-state index contributed by atoms with van der Waals surface area (Å²) in [5, 5.41) is 2.06. The summed E-state index contributed by atoms with van der Waals surface area (Å²) in [5.41, 5.74) is 1.62. The van der Waals surface area contributed by atoms with E-state index < -0.39 is 36.7 Å². The van der Waals surface area contributed by atoms with Crippen LogP contribution in [0, 0.1) is 6.92 Å². The topological polar surface area (TPSA) is 108 Å². The molecule has 1 aliphatic rings. The van der Waals surface area contributed by atoms with E-state index in [9.17, 15) is 16.8 Å². The van der Waals surface area contributed by atoms with E-state index in [4.69, 9.17) is 14.2 Å². The van der Waals surface area contributed by atoms with E-state index in [1.165, 1.54) is 13.2 Å². The van der Waals surface area contributed by atoms with E-state index >= 15 is 0 Å². The molecule has 0 aromatic heterocycles. The third kappa shape index (κ3) is 5.19. The predicted molar refractivity (Wildman–Crippen MR) is 122 cm³/mol. The van der Waals surface area contributed by atoms with Crippen LogP contribution in [0.15, 0.2) is 41.3 Å². The second-order valence-corrected chi connectivity index (χ2v) is 12.1. The fraction of sp³-hybridized carbons (Fsp3) is 0.455. The Morgan fingerprint density at radius 1 is 0.969 bits per heavy atom. The highest BCUT2D eigenvalue weighted by Crippen LogP contribution is 2.32. The van der Waals surface area contributed by atoms with Crippen LogP contribution in [0.4, 0.5) is 0 Å². The molecule has 1 heterocycles. The molecule has 8 nitrogen and oxygen atoms in total. The average Bonchev–Trinajstić information content (AvgIpc) is 3.08. The molecule has 32 heavy (non-hydrogen) atoms. The van der Waals surface area contributed by atoms with Crippen LogP contribution >= 0.6 is 0 Å². The van der Waals surface area contributed by atoms with Crippen LogP contribution in [0.5, 0.6) is 17.2 Å². The minimum absolute atomic E-state index is 0.0170. The number of sulfone groups is 2. The Hall–Kier alpha value is -2.30. The van der Waals surface area contributed by atoms with E-state index in [1.807, 2.05) is 6.07 Å². The van der Waals surface area contributed by atoms with Gasteiger partial charge in [-0.15, -0.1) is 0 Å². The zero-order chi connectivity index (χ0) is 23.5. The van der Waals surface area contributed by atoms with Gasteiger partial charge in [0.05, 0.1) is 38.1 Å². The fourth-order valence-corrected chi connectivity index (χ4v) is 8.91. The molecule has 1 N–H and O–H groups in total. The van der Waals surface area contributed by atoms with Crippen LogP contribution in [0.25, 0.3) is 0 Å². The Balaban J connectivity index is 1.83. The summed E-state index contributed by atoms with van der Waals surface area (Å²) >= 11 is 0. The second-order valence-electron chi connectivity index (χ2n) is 7.80. The first-order valence-corrected chi connectivity index (χ1v) is 13.5. The van der Waals surface area contributed by atoms with Crippen LogP contribution < -0.4 is 19.5 Å². The van der Waals surface area contributed by atoms with Crippen molar-refractivity contribution in [1.82, 2.24) is 5.32 Å². The zero-order valence-electron chi connectivity index (χ0n) is 18.6. The van der Waals surface area contributed by atoms with Gasteiger partial charge in [0, 0.05) is 6.04 Å². The highest BCUT2D eigenvalue weighted by molar-refractivity contribution is 7.96. The molecule has 1 saturated heterocycles. The summed E-state index contributed by atoms with van der Waals surface area (Å²) in [6.45, 7) is 2.15. The predicted octanol–water partition coefficient (Wildman–Crippen LogP) is 1.79. The molecule has 3 rings (SSSR count). The maximum atomic E-state index is 13.5. The quantitative estimate of drug-likeness (QED) is 0.575. The number of hydrogen-bond donors (Lipinski definition) is 1. The van der Waals surface area contributed by atoms with E-state index in [0.29, 0.717) is 24.5 Å². The molecule has 2 atom stereocenters. The lowest BCUT2D eigenvalue weighted by Crippen LogP contribution is -2.44. The Kier molecular flexibility index (Phi) is 7.36. The summed E-state index contributed by atoms with van der Waals surface area (Å²) in [6.07, 6.45) is 0.511. The highest BCUT2D eigenvalue weighted by Gasteiger charge is 2.46. The number of nitrogens with one attached hydrogen (secondary N) is 1. The summed E-state index contributed by atoms with van der Waals surface area (Å²) in [7, 11) is -2.93. The van der Waals surface area contributed by atoms with Gasteiger partial charge in [0.2, 0.25) is 0 Å². The number of rotatable bonds is 9. The maximum Gasteiger partial charge on any atom is 0.187 e. The molecule has 1 fully saturated rings. The van der Waals surface area contributed by atoms with Crippen molar-refractivity contribution in [3.8, 4) is 17.2 Å². The van der Waals surface area contributed by atoms with Gasteiger partial charge in [0.1, 0.15) is 22.1 Å². The van der Waals surface area contributed by atoms with Gasteiger partial charge in [0.25, 0.3) is 0 Å². The number of ether oxygens (including phenoxy) is 3. The van der Waals surface area contributed by atoms with Gasteiger partial charge < -0.3 is 19.5 Å². The average molecular weight is 484 g/mol. The third-order valence-corrected chi connectivity index (χ3v) is 9.78. The minimum Gasteiger partial charge on any atom is -0.497 e. The molecule has 2 aromatic rings. The van der Waals surface area contributed by atoms with Gasteiger partial charge in [-0.3, -0.25) is 0 Å². The van der Waals surface area contributed by atoms with Crippen molar-refractivity contribution in [2.45, 2.75) is 29.5 Å². The molecule has 10 heteroatoms. The Morgan fingerprint density at radius 2 is 1.66 bits per heavy atom. The van der Waals surface area contributed by atoms with Gasteiger partial charge in [-0.1, -0.05) is 6.07 Å². The lowest BCUT2D eigenvalue weighted by atomic mass is 10.1. The Labute approximate surface area is 189 Å². The van der Waals surface area contributed by atoms with Crippen LogP contribution in [-0.4, -0.2) is 67.5 Å². The van der Waals surface area contributed by atoms with Crippen LogP contribution in [0.3, 0.4) is 0 Å². The molecule has 176 valence electrons. The third-order valence-electron chi connectivity index (χ3n) is 5.61. The Bertz CT molecular complexity index is 1180. The molecule has 0 unspecified atom stereocenters. The first-order valence-electron chi connectivity index (χ1n) is 10.1. The number of aryl methyl sites for hydroxylation is 1.